The number of benzene rings is 1. The van der Waals surface area contributed by atoms with Gasteiger partial charge in [0.25, 0.3) is 5.82 Å². The number of hydrogen-bond donors (Lipinski definition) is 0. The van der Waals surface area contributed by atoms with E-state index in [0.29, 0.717) is 13.1 Å². The zero-order chi connectivity index (χ0) is 15.9. The fraction of sp³-hybridized carbons (Fsp3) is 0.375. The minimum Gasteiger partial charge on any atom is -0.337 e. The van der Waals surface area contributed by atoms with Crippen LogP contribution < -0.4 is 0 Å². The van der Waals surface area contributed by atoms with Crippen LogP contribution in [0.1, 0.15) is 30.3 Å². The van der Waals surface area contributed by atoms with Crippen LogP contribution in [-0.2, 0) is 17.9 Å². The van der Waals surface area contributed by atoms with E-state index >= 15 is 0 Å². The molecule has 0 atom stereocenters. The zero-order valence-electron chi connectivity index (χ0n) is 12.9. The Morgan fingerprint density at radius 1 is 1.36 bits per heavy atom. The lowest BCUT2D eigenvalue weighted by atomic mass is 10.1. The van der Waals surface area contributed by atoms with E-state index in [1.807, 2.05) is 44.2 Å². The molecule has 0 spiro atoms. The molecule has 2 rings (SSSR count). The number of aromatic nitrogens is 3. The second-order valence-corrected chi connectivity index (χ2v) is 5.18. The molecule has 0 fully saturated rings. The first-order valence-corrected chi connectivity index (χ1v) is 7.25. The molecule has 0 aliphatic carbocycles. The average molecular weight is 297 g/mol. The first kappa shape index (κ1) is 15.7. The van der Waals surface area contributed by atoms with Crippen LogP contribution in [0.15, 0.2) is 30.6 Å². The minimum absolute atomic E-state index is 0.0307. The summed E-state index contributed by atoms with van der Waals surface area (Å²) in [6, 6.07) is 10.0. The highest BCUT2D eigenvalue weighted by Crippen LogP contribution is 2.08. The monoisotopic (exact) mass is 297 g/mol. The molecule has 22 heavy (non-hydrogen) atoms. The maximum absolute atomic E-state index is 12.4. The summed E-state index contributed by atoms with van der Waals surface area (Å²) in [6.07, 6.45) is 2.30. The van der Waals surface area contributed by atoms with Crippen LogP contribution in [0.2, 0.25) is 0 Å². The van der Waals surface area contributed by atoms with E-state index in [9.17, 15) is 4.79 Å². The number of hydrogen-bond acceptors (Lipinski definition) is 4. The van der Waals surface area contributed by atoms with Gasteiger partial charge in [-0.25, -0.2) is 9.67 Å². The van der Waals surface area contributed by atoms with E-state index < -0.39 is 0 Å². The van der Waals surface area contributed by atoms with Crippen molar-refractivity contribution in [3.8, 4) is 6.07 Å². The van der Waals surface area contributed by atoms with Crippen LogP contribution >= 0.6 is 0 Å². The van der Waals surface area contributed by atoms with Gasteiger partial charge in [-0.3, -0.25) is 4.79 Å². The Kier molecular flexibility index (Phi) is 5.26. The van der Waals surface area contributed by atoms with Crippen LogP contribution in [-0.4, -0.2) is 32.1 Å². The normalized spacial score (nSPS) is 10.2. The number of carbonyl (C=O) groups excluding carboxylic acids is 1. The van der Waals surface area contributed by atoms with Gasteiger partial charge in [0.15, 0.2) is 0 Å². The summed E-state index contributed by atoms with van der Waals surface area (Å²) in [5.41, 5.74) is 2.30. The summed E-state index contributed by atoms with van der Waals surface area (Å²) >= 11 is 0. The van der Waals surface area contributed by atoms with Gasteiger partial charge < -0.3 is 4.90 Å². The fourth-order valence-electron chi connectivity index (χ4n) is 2.14. The van der Waals surface area contributed by atoms with Crippen molar-refractivity contribution >= 4 is 5.91 Å². The molecule has 6 heteroatoms. The number of carbonyl (C=O) groups is 1. The maximum atomic E-state index is 12.4. The number of nitriles is 1. The molecule has 1 aromatic carbocycles. The number of nitrogens with zero attached hydrogens (tertiary/aromatic N) is 5. The van der Waals surface area contributed by atoms with Gasteiger partial charge in [0.1, 0.15) is 18.9 Å². The number of amides is 1. The Bertz CT molecular complexity index is 669. The molecular formula is C16H19N5O. The molecule has 0 saturated heterocycles. The molecular weight excluding hydrogens is 278 g/mol. The smallest absolute Gasteiger partial charge is 0.252 e. The molecule has 2 aromatic rings. The molecule has 6 nitrogen and oxygen atoms in total. The summed E-state index contributed by atoms with van der Waals surface area (Å²) < 4.78 is 1.40. The second kappa shape index (κ2) is 7.36. The van der Waals surface area contributed by atoms with Gasteiger partial charge in [-0.1, -0.05) is 36.8 Å². The van der Waals surface area contributed by atoms with Crippen LogP contribution in [0.25, 0.3) is 0 Å². The van der Waals surface area contributed by atoms with E-state index in [1.165, 1.54) is 16.6 Å². The first-order chi connectivity index (χ1) is 10.6. The van der Waals surface area contributed by atoms with Gasteiger partial charge in [0.2, 0.25) is 5.91 Å². The van der Waals surface area contributed by atoms with Gasteiger partial charge >= 0.3 is 0 Å². The Hall–Kier alpha value is -2.68. The van der Waals surface area contributed by atoms with Crippen molar-refractivity contribution in [1.82, 2.24) is 19.7 Å². The lowest BCUT2D eigenvalue weighted by Gasteiger charge is -2.22. The Balaban J connectivity index is 2.04. The first-order valence-electron chi connectivity index (χ1n) is 7.25. The molecule has 0 radical (unpaired) electrons. The largest absolute Gasteiger partial charge is 0.337 e. The fourth-order valence-corrected chi connectivity index (χ4v) is 2.14. The highest BCUT2D eigenvalue weighted by molar-refractivity contribution is 5.75. The summed E-state index contributed by atoms with van der Waals surface area (Å²) in [4.78, 5) is 18.0. The third-order valence-corrected chi connectivity index (χ3v) is 3.27. The highest BCUT2D eigenvalue weighted by Gasteiger charge is 2.14. The highest BCUT2D eigenvalue weighted by atomic mass is 16.2. The molecule has 0 aliphatic heterocycles. The lowest BCUT2D eigenvalue weighted by Crippen LogP contribution is -2.34. The van der Waals surface area contributed by atoms with Crippen LogP contribution in [0.5, 0.6) is 0 Å². The Morgan fingerprint density at radius 3 is 2.68 bits per heavy atom. The standard InChI is InChI=1S/C16H19N5O/c1-3-8-20(10-14-6-4-13(2)5-7-14)16(22)11-21-12-18-15(9-17)19-21/h4-7,12H,3,8,10-11H2,1-2H3. The molecule has 1 amide bonds. The topological polar surface area (TPSA) is 74.8 Å². The van der Waals surface area contributed by atoms with E-state index in [1.54, 1.807) is 4.90 Å². The average Bonchev–Trinajstić information content (AvgIpc) is 2.96. The van der Waals surface area contributed by atoms with Crippen molar-refractivity contribution in [2.75, 3.05) is 6.54 Å². The predicted molar refractivity (Wildman–Crippen MR) is 81.6 cm³/mol. The quantitative estimate of drug-likeness (QED) is 0.816. The number of rotatable bonds is 6. The molecule has 0 aliphatic rings. The maximum Gasteiger partial charge on any atom is 0.252 e. The minimum atomic E-state index is -0.0307. The lowest BCUT2D eigenvalue weighted by molar-refractivity contribution is -0.132. The van der Waals surface area contributed by atoms with Gasteiger partial charge in [0, 0.05) is 13.1 Å². The van der Waals surface area contributed by atoms with Crippen LogP contribution in [0.4, 0.5) is 0 Å². The van der Waals surface area contributed by atoms with Gasteiger partial charge in [0.05, 0.1) is 0 Å². The van der Waals surface area contributed by atoms with Gasteiger partial charge in [-0.05, 0) is 18.9 Å². The van der Waals surface area contributed by atoms with Crippen LogP contribution in [0, 0.1) is 18.3 Å². The SMILES string of the molecule is CCCN(Cc1ccc(C)cc1)C(=O)Cn1cnc(C#N)n1. The third-order valence-electron chi connectivity index (χ3n) is 3.27. The molecule has 0 unspecified atom stereocenters. The van der Waals surface area contributed by atoms with E-state index in [0.717, 1.165) is 12.0 Å². The van der Waals surface area contributed by atoms with E-state index in [4.69, 9.17) is 5.26 Å². The molecule has 1 aromatic heterocycles. The Morgan fingerprint density at radius 2 is 2.09 bits per heavy atom. The molecule has 114 valence electrons. The summed E-state index contributed by atoms with van der Waals surface area (Å²) in [6.45, 7) is 5.44. The van der Waals surface area contributed by atoms with E-state index in [-0.39, 0.29) is 18.3 Å². The van der Waals surface area contributed by atoms with Crippen molar-refractivity contribution in [3.05, 3.63) is 47.5 Å². The predicted octanol–water partition coefficient (Wildman–Crippen LogP) is 1.90. The zero-order valence-corrected chi connectivity index (χ0v) is 12.9. The van der Waals surface area contributed by atoms with Gasteiger partial charge in [-0.15, -0.1) is 5.10 Å². The molecule has 0 N–H and O–H groups in total. The van der Waals surface area contributed by atoms with Crippen molar-refractivity contribution < 1.29 is 4.79 Å². The van der Waals surface area contributed by atoms with Crippen molar-refractivity contribution in [1.29, 1.82) is 5.26 Å². The van der Waals surface area contributed by atoms with Crippen molar-refractivity contribution in [3.63, 3.8) is 0 Å². The molecule has 0 saturated carbocycles. The molecule has 0 bridgehead atoms. The summed E-state index contributed by atoms with van der Waals surface area (Å²) in [5.74, 6) is 0.0465. The number of aryl methyl sites for hydroxylation is 1. The van der Waals surface area contributed by atoms with Crippen molar-refractivity contribution in [2.24, 2.45) is 0 Å². The van der Waals surface area contributed by atoms with Gasteiger partial charge in [-0.2, -0.15) is 5.26 Å². The summed E-state index contributed by atoms with van der Waals surface area (Å²) in [5, 5.41) is 12.6. The van der Waals surface area contributed by atoms with Crippen molar-refractivity contribution in [2.45, 2.75) is 33.4 Å². The van der Waals surface area contributed by atoms with E-state index in [2.05, 4.69) is 10.1 Å². The Labute approximate surface area is 130 Å². The third kappa shape index (κ3) is 4.16. The van der Waals surface area contributed by atoms with Crippen LogP contribution in [0.3, 0.4) is 0 Å². The molecule has 1 heterocycles. The summed E-state index contributed by atoms with van der Waals surface area (Å²) in [7, 11) is 0. The second-order valence-electron chi connectivity index (χ2n) is 5.18.